The number of carbonyl (C=O) groups excluding carboxylic acids is 2. The summed E-state index contributed by atoms with van der Waals surface area (Å²) in [6.45, 7) is 0.158. The molecule has 2 aromatic rings. The maximum absolute atomic E-state index is 12.5. The van der Waals surface area contributed by atoms with Crippen molar-refractivity contribution in [2.45, 2.75) is 19.4 Å². The molecule has 2 heterocycles. The molecule has 1 aliphatic rings. The van der Waals surface area contributed by atoms with E-state index < -0.39 is 0 Å². The number of likely N-dealkylation sites (tertiary alicyclic amines) is 1. The number of benzene rings is 1. The van der Waals surface area contributed by atoms with Gasteiger partial charge in [0.05, 0.1) is 30.3 Å². The Kier molecular flexibility index (Phi) is 3.94. The first-order valence-corrected chi connectivity index (χ1v) is 7.38. The van der Waals surface area contributed by atoms with Crippen LogP contribution in [0, 0.1) is 17.2 Å². The van der Waals surface area contributed by atoms with Gasteiger partial charge < -0.3 is 0 Å². The third kappa shape index (κ3) is 2.99. The van der Waals surface area contributed by atoms with Crippen LogP contribution < -0.4 is 0 Å². The zero-order valence-corrected chi connectivity index (χ0v) is 12.8. The van der Waals surface area contributed by atoms with Gasteiger partial charge >= 0.3 is 0 Å². The summed E-state index contributed by atoms with van der Waals surface area (Å²) in [6.07, 6.45) is 4.29. The summed E-state index contributed by atoms with van der Waals surface area (Å²) in [6, 6.07) is 9.12. The Balaban J connectivity index is 1.75. The lowest BCUT2D eigenvalue weighted by molar-refractivity contribution is -0.140. The van der Waals surface area contributed by atoms with Gasteiger partial charge in [-0.05, 0) is 23.6 Å². The van der Waals surface area contributed by atoms with E-state index in [1.165, 1.54) is 4.90 Å². The molecule has 0 aliphatic carbocycles. The van der Waals surface area contributed by atoms with Crippen LogP contribution in [0.15, 0.2) is 36.7 Å². The van der Waals surface area contributed by atoms with Crippen molar-refractivity contribution in [1.82, 2.24) is 14.7 Å². The molecule has 2 amide bonds. The van der Waals surface area contributed by atoms with Gasteiger partial charge in [-0.15, -0.1) is 0 Å². The zero-order valence-electron chi connectivity index (χ0n) is 12.8. The van der Waals surface area contributed by atoms with Crippen LogP contribution in [0.25, 0.3) is 0 Å². The zero-order chi connectivity index (χ0) is 16.4. The molecule has 1 fully saturated rings. The molecule has 23 heavy (non-hydrogen) atoms. The highest BCUT2D eigenvalue weighted by Gasteiger charge is 2.38. The number of carbonyl (C=O) groups is 2. The average molecular weight is 308 g/mol. The van der Waals surface area contributed by atoms with Crippen molar-refractivity contribution in [3.8, 4) is 6.07 Å². The van der Waals surface area contributed by atoms with Crippen molar-refractivity contribution in [1.29, 1.82) is 5.26 Å². The molecule has 0 saturated carbocycles. The average Bonchev–Trinajstić information content (AvgIpc) is 3.06. The summed E-state index contributed by atoms with van der Waals surface area (Å²) in [5.41, 5.74) is 2.13. The van der Waals surface area contributed by atoms with E-state index in [0.29, 0.717) is 17.5 Å². The Morgan fingerprint density at radius 1 is 1.35 bits per heavy atom. The van der Waals surface area contributed by atoms with Crippen LogP contribution >= 0.6 is 0 Å². The van der Waals surface area contributed by atoms with E-state index in [2.05, 4.69) is 11.2 Å². The van der Waals surface area contributed by atoms with Gasteiger partial charge in [0.15, 0.2) is 0 Å². The van der Waals surface area contributed by atoms with Crippen molar-refractivity contribution < 1.29 is 9.59 Å². The second-order valence-corrected chi connectivity index (χ2v) is 5.71. The SMILES string of the molecule is Cn1cc(C[C@@H]2CC(=O)N(Cc3ccccc3C#N)C2=O)cn1. The smallest absolute Gasteiger partial charge is 0.233 e. The van der Waals surface area contributed by atoms with Gasteiger partial charge in [0.25, 0.3) is 0 Å². The van der Waals surface area contributed by atoms with Crippen molar-refractivity contribution in [2.24, 2.45) is 13.0 Å². The molecule has 3 rings (SSSR count). The predicted molar refractivity (Wildman–Crippen MR) is 81.7 cm³/mol. The fourth-order valence-electron chi connectivity index (χ4n) is 2.88. The summed E-state index contributed by atoms with van der Waals surface area (Å²) in [5.74, 6) is -0.704. The first kappa shape index (κ1) is 15.0. The number of nitriles is 1. The summed E-state index contributed by atoms with van der Waals surface area (Å²) in [4.78, 5) is 26.0. The molecule has 1 aromatic carbocycles. The predicted octanol–water partition coefficient (Wildman–Crippen LogP) is 1.41. The molecule has 0 spiro atoms. The molecular formula is C17H16N4O2. The number of aromatic nitrogens is 2. The van der Waals surface area contributed by atoms with E-state index in [-0.39, 0.29) is 30.7 Å². The molecule has 116 valence electrons. The fourth-order valence-corrected chi connectivity index (χ4v) is 2.88. The van der Waals surface area contributed by atoms with Crippen LogP contribution in [0.5, 0.6) is 0 Å². The quantitative estimate of drug-likeness (QED) is 0.800. The molecule has 1 atom stereocenters. The Bertz CT molecular complexity index is 803. The van der Waals surface area contributed by atoms with Gasteiger partial charge in [-0.3, -0.25) is 19.2 Å². The van der Waals surface area contributed by atoms with Gasteiger partial charge in [0, 0.05) is 19.7 Å². The second-order valence-electron chi connectivity index (χ2n) is 5.71. The summed E-state index contributed by atoms with van der Waals surface area (Å²) in [7, 11) is 1.82. The number of aryl methyl sites for hydroxylation is 1. The highest BCUT2D eigenvalue weighted by atomic mass is 16.2. The van der Waals surface area contributed by atoms with E-state index in [4.69, 9.17) is 5.26 Å². The molecule has 1 aromatic heterocycles. The summed E-state index contributed by atoms with van der Waals surface area (Å²) < 4.78 is 1.68. The van der Waals surface area contributed by atoms with Gasteiger partial charge in [0.2, 0.25) is 11.8 Å². The summed E-state index contributed by atoms with van der Waals surface area (Å²) >= 11 is 0. The molecule has 6 heteroatoms. The van der Waals surface area contributed by atoms with Crippen molar-refractivity contribution in [2.75, 3.05) is 0 Å². The molecule has 0 N–H and O–H groups in total. The Labute approximate surface area is 133 Å². The number of nitrogens with zero attached hydrogens (tertiary/aromatic N) is 4. The number of amides is 2. The van der Waals surface area contributed by atoms with E-state index in [1.54, 1.807) is 35.1 Å². The van der Waals surface area contributed by atoms with Crippen LogP contribution in [0.1, 0.15) is 23.1 Å². The third-order valence-corrected chi connectivity index (χ3v) is 4.04. The van der Waals surface area contributed by atoms with Crippen LogP contribution in [-0.2, 0) is 29.6 Å². The lowest BCUT2D eigenvalue weighted by Crippen LogP contribution is -2.30. The number of hydrogen-bond acceptors (Lipinski definition) is 4. The van der Waals surface area contributed by atoms with E-state index >= 15 is 0 Å². The summed E-state index contributed by atoms with van der Waals surface area (Å²) in [5, 5.41) is 13.2. The minimum absolute atomic E-state index is 0.158. The van der Waals surface area contributed by atoms with Crippen LogP contribution in [-0.4, -0.2) is 26.5 Å². The van der Waals surface area contributed by atoms with Crippen LogP contribution in [0.2, 0.25) is 0 Å². The standard InChI is InChI=1S/C17H16N4O2/c1-20-10-12(9-19-20)6-15-7-16(22)21(17(15)23)11-14-5-3-2-4-13(14)8-18/h2-5,9-10,15H,6-7,11H2,1H3/t15-/m1/s1. The molecule has 0 unspecified atom stereocenters. The topological polar surface area (TPSA) is 79.0 Å². The number of rotatable bonds is 4. The first-order chi connectivity index (χ1) is 11.1. The minimum atomic E-state index is -0.346. The molecule has 6 nitrogen and oxygen atoms in total. The highest BCUT2D eigenvalue weighted by Crippen LogP contribution is 2.25. The lowest BCUT2D eigenvalue weighted by Gasteiger charge is -2.15. The van der Waals surface area contributed by atoms with E-state index in [0.717, 1.165) is 5.56 Å². The third-order valence-electron chi connectivity index (χ3n) is 4.04. The molecule has 1 saturated heterocycles. The van der Waals surface area contributed by atoms with Gasteiger partial charge in [-0.25, -0.2) is 0 Å². The van der Waals surface area contributed by atoms with Crippen molar-refractivity contribution >= 4 is 11.8 Å². The minimum Gasteiger partial charge on any atom is -0.278 e. The normalized spacial score (nSPS) is 17.6. The second kappa shape index (κ2) is 6.05. The lowest BCUT2D eigenvalue weighted by atomic mass is 10.0. The number of hydrogen-bond donors (Lipinski definition) is 0. The van der Waals surface area contributed by atoms with E-state index in [9.17, 15) is 9.59 Å². The van der Waals surface area contributed by atoms with Crippen molar-refractivity contribution in [3.63, 3.8) is 0 Å². The molecular weight excluding hydrogens is 292 g/mol. The highest BCUT2D eigenvalue weighted by molar-refractivity contribution is 6.03. The molecule has 0 bridgehead atoms. The largest absolute Gasteiger partial charge is 0.278 e. The van der Waals surface area contributed by atoms with Crippen LogP contribution in [0.4, 0.5) is 0 Å². The van der Waals surface area contributed by atoms with E-state index in [1.807, 2.05) is 13.2 Å². The Morgan fingerprint density at radius 3 is 2.83 bits per heavy atom. The Morgan fingerprint density at radius 2 is 2.13 bits per heavy atom. The monoisotopic (exact) mass is 308 g/mol. The van der Waals surface area contributed by atoms with Crippen molar-refractivity contribution in [3.05, 3.63) is 53.3 Å². The Hall–Kier alpha value is -2.94. The van der Waals surface area contributed by atoms with Gasteiger partial charge in [0.1, 0.15) is 0 Å². The van der Waals surface area contributed by atoms with Gasteiger partial charge in [-0.2, -0.15) is 10.4 Å². The van der Waals surface area contributed by atoms with Crippen LogP contribution in [0.3, 0.4) is 0 Å². The first-order valence-electron chi connectivity index (χ1n) is 7.38. The molecule has 0 radical (unpaired) electrons. The molecule has 1 aliphatic heterocycles. The van der Waals surface area contributed by atoms with Gasteiger partial charge in [-0.1, -0.05) is 18.2 Å². The maximum atomic E-state index is 12.5. The maximum Gasteiger partial charge on any atom is 0.233 e. The number of imide groups is 1. The fraction of sp³-hybridized carbons (Fsp3) is 0.294.